The molecule has 1 aromatic rings. The predicted octanol–water partition coefficient (Wildman–Crippen LogP) is 0.305. The number of hydrogen-bond acceptors (Lipinski definition) is 6. The molecule has 98 valence electrons. The van der Waals surface area contributed by atoms with Gasteiger partial charge in [0, 0.05) is 5.92 Å². The smallest absolute Gasteiger partial charge is 0.322 e. The van der Waals surface area contributed by atoms with Gasteiger partial charge in [-0.05, 0) is 12.8 Å². The summed E-state index contributed by atoms with van der Waals surface area (Å²) in [5, 5.41) is 2.80. The number of amides is 1. The van der Waals surface area contributed by atoms with Crippen molar-refractivity contribution in [2.24, 2.45) is 5.92 Å². The van der Waals surface area contributed by atoms with Gasteiger partial charge < -0.3 is 14.8 Å². The van der Waals surface area contributed by atoms with Crippen LogP contribution in [0.4, 0.5) is 0 Å². The quantitative estimate of drug-likeness (QED) is 0.811. The Balaban J connectivity index is 1.97. The zero-order valence-electron chi connectivity index (χ0n) is 10.5. The van der Waals surface area contributed by atoms with Crippen molar-refractivity contribution >= 4 is 5.91 Å². The number of carbonyl (C=O) groups excluding carboxylic acids is 1. The second kappa shape index (κ2) is 5.61. The van der Waals surface area contributed by atoms with Crippen LogP contribution in [-0.2, 0) is 11.3 Å². The highest BCUT2D eigenvalue weighted by Crippen LogP contribution is 2.26. The van der Waals surface area contributed by atoms with Gasteiger partial charge >= 0.3 is 12.0 Å². The molecular weight excluding hydrogens is 236 g/mol. The SMILES string of the molecule is COc1nc(CNC(=O)C2CCC2)nc(OC)n1. The molecule has 1 N–H and O–H groups in total. The number of nitrogens with one attached hydrogen (secondary N) is 1. The van der Waals surface area contributed by atoms with E-state index in [0.717, 1.165) is 19.3 Å². The maximum atomic E-state index is 11.7. The zero-order chi connectivity index (χ0) is 13.0. The van der Waals surface area contributed by atoms with E-state index in [1.54, 1.807) is 0 Å². The maximum absolute atomic E-state index is 11.7. The lowest BCUT2D eigenvalue weighted by Gasteiger charge is -2.23. The fourth-order valence-corrected chi connectivity index (χ4v) is 1.62. The monoisotopic (exact) mass is 252 g/mol. The Morgan fingerprint density at radius 2 is 1.83 bits per heavy atom. The molecule has 1 fully saturated rings. The van der Waals surface area contributed by atoms with E-state index in [1.807, 2.05) is 0 Å². The molecule has 0 spiro atoms. The van der Waals surface area contributed by atoms with E-state index in [9.17, 15) is 4.79 Å². The van der Waals surface area contributed by atoms with Gasteiger partial charge in [-0.25, -0.2) is 0 Å². The summed E-state index contributed by atoms with van der Waals surface area (Å²) in [6.07, 6.45) is 3.07. The van der Waals surface area contributed by atoms with Crippen molar-refractivity contribution in [3.63, 3.8) is 0 Å². The molecular formula is C11H16N4O3. The number of aromatic nitrogens is 3. The molecule has 1 aliphatic carbocycles. The van der Waals surface area contributed by atoms with E-state index in [4.69, 9.17) is 9.47 Å². The molecule has 0 saturated heterocycles. The molecule has 1 aliphatic rings. The first kappa shape index (κ1) is 12.5. The zero-order valence-corrected chi connectivity index (χ0v) is 10.5. The third-order valence-electron chi connectivity index (χ3n) is 2.90. The number of carbonyl (C=O) groups is 1. The molecule has 0 radical (unpaired) electrons. The number of hydrogen-bond donors (Lipinski definition) is 1. The Kier molecular flexibility index (Phi) is 3.91. The predicted molar refractivity (Wildman–Crippen MR) is 62.1 cm³/mol. The first-order valence-electron chi connectivity index (χ1n) is 5.83. The van der Waals surface area contributed by atoms with Gasteiger partial charge in [-0.1, -0.05) is 6.42 Å². The van der Waals surface area contributed by atoms with Crippen molar-refractivity contribution in [3.8, 4) is 12.0 Å². The Morgan fingerprint density at radius 1 is 1.22 bits per heavy atom. The van der Waals surface area contributed by atoms with Crippen molar-refractivity contribution < 1.29 is 14.3 Å². The van der Waals surface area contributed by atoms with Crippen LogP contribution in [0, 0.1) is 5.92 Å². The molecule has 1 saturated carbocycles. The Labute approximate surface area is 105 Å². The molecule has 1 aromatic heterocycles. The van der Waals surface area contributed by atoms with E-state index in [2.05, 4.69) is 20.3 Å². The summed E-state index contributed by atoms with van der Waals surface area (Å²) < 4.78 is 9.86. The highest BCUT2D eigenvalue weighted by atomic mass is 16.5. The standard InChI is InChI=1S/C11H16N4O3/c1-17-10-13-8(14-11(15-10)18-2)6-12-9(16)7-4-3-5-7/h7H,3-6H2,1-2H3,(H,12,16). The second-order valence-corrected chi connectivity index (χ2v) is 4.07. The van der Waals surface area contributed by atoms with Gasteiger partial charge in [-0.3, -0.25) is 4.79 Å². The van der Waals surface area contributed by atoms with Gasteiger partial charge in [0.1, 0.15) is 0 Å². The lowest BCUT2D eigenvalue weighted by atomic mass is 9.85. The van der Waals surface area contributed by atoms with Crippen LogP contribution in [0.15, 0.2) is 0 Å². The molecule has 1 amide bonds. The van der Waals surface area contributed by atoms with Crippen LogP contribution >= 0.6 is 0 Å². The third-order valence-corrected chi connectivity index (χ3v) is 2.90. The van der Waals surface area contributed by atoms with Crippen molar-refractivity contribution in [3.05, 3.63) is 5.82 Å². The van der Waals surface area contributed by atoms with Gasteiger partial charge in [0.2, 0.25) is 5.91 Å². The Hall–Kier alpha value is -1.92. The van der Waals surface area contributed by atoms with E-state index < -0.39 is 0 Å². The summed E-state index contributed by atoms with van der Waals surface area (Å²) in [6.45, 7) is 0.255. The molecule has 0 aliphatic heterocycles. The molecule has 1 heterocycles. The van der Waals surface area contributed by atoms with Gasteiger partial charge in [-0.15, -0.1) is 4.98 Å². The van der Waals surface area contributed by atoms with Crippen molar-refractivity contribution in [2.75, 3.05) is 14.2 Å². The minimum absolute atomic E-state index is 0.0552. The molecule has 7 heteroatoms. The van der Waals surface area contributed by atoms with Crippen LogP contribution in [-0.4, -0.2) is 35.1 Å². The van der Waals surface area contributed by atoms with Crippen LogP contribution in [0.5, 0.6) is 12.0 Å². The first-order chi connectivity index (χ1) is 8.72. The molecule has 7 nitrogen and oxygen atoms in total. The van der Waals surface area contributed by atoms with Crippen LogP contribution in [0.25, 0.3) is 0 Å². The van der Waals surface area contributed by atoms with Crippen molar-refractivity contribution in [1.29, 1.82) is 0 Å². The molecule has 0 atom stereocenters. The number of rotatable bonds is 5. The first-order valence-corrected chi connectivity index (χ1v) is 5.83. The summed E-state index contributed by atoms with van der Waals surface area (Å²) >= 11 is 0. The third kappa shape index (κ3) is 2.85. The van der Waals surface area contributed by atoms with Gasteiger partial charge in [0.05, 0.1) is 20.8 Å². The van der Waals surface area contributed by atoms with Crippen LogP contribution in [0.1, 0.15) is 25.1 Å². The van der Waals surface area contributed by atoms with Crippen LogP contribution in [0.3, 0.4) is 0 Å². The summed E-state index contributed by atoms with van der Waals surface area (Å²) in [6, 6.07) is 0.351. The minimum Gasteiger partial charge on any atom is -0.467 e. The average Bonchev–Trinajstić information content (AvgIpc) is 2.33. The van der Waals surface area contributed by atoms with Gasteiger partial charge in [-0.2, -0.15) is 9.97 Å². The largest absolute Gasteiger partial charge is 0.467 e. The van der Waals surface area contributed by atoms with Gasteiger partial charge in [0.25, 0.3) is 0 Å². The van der Waals surface area contributed by atoms with Crippen molar-refractivity contribution in [1.82, 2.24) is 20.3 Å². The molecule has 0 bridgehead atoms. The van der Waals surface area contributed by atoms with Crippen molar-refractivity contribution in [2.45, 2.75) is 25.8 Å². The lowest BCUT2D eigenvalue weighted by molar-refractivity contribution is -0.127. The molecule has 18 heavy (non-hydrogen) atoms. The van der Waals surface area contributed by atoms with Crippen LogP contribution in [0.2, 0.25) is 0 Å². The second-order valence-electron chi connectivity index (χ2n) is 4.07. The highest BCUT2D eigenvalue weighted by Gasteiger charge is 2.25. The number of nitrogens with zero attached hydrogens (tertiary/aromatic N) is 3. The molecule has 0 unspecified atom stereocenters. The Morgan fingerprint density at radius 3 is 2.28 bits per heavy atom. The maximum Gasteiger partial charge on any atom is 0.322 e. The van der Waals surface area contributed by atoms with E-state index in [-0.39, 0.29) is 30.4 Å². The van der Waals surface area contributed by atoms with E-state index in [0.29, 0.717) is 5.82 Å². The van der Waals surface area contributed by atoms with E-state index in [1.165, 1.54) is 14.2 Å². The molecule has 0 aromatic carbocycles. The number of ether oxygens (including phenoxy) is 2. The van der Waals surface area contributed by atoms with Gasteiger partial charge in [0.15, 0.2) is 5.82 Å². The van der Waals surface area contributed by atoms with E-state index >= 15 is 0 Å². The average molecular weight is 252 g/mol. The van der Waals surface area contributed by atoms with Crippen LogP contribution < -0.4 is 14.8 Å². The summed E-state index contributed by atoms with van der Waals surface area (Å²) in [7, 11) is 2.93. The summed E-state index contributed by atoms with van der Waals surface area (Å²) in [5.74, 6) is 0.626. The fourth-order valence-electron chi connectivity index (χ4n) is 1.62. The summed E-state index contributed by atoms with van der Waals surface area (Å²) in [4.78, 5) is 23.6. The topological polar surface area (TPSA) is 86.2 Å². The molecule has 2 rings (SSSR count). The summed E-state index contributed by atoms with van der Waals surface area (Å²) in [5.41, 5.74) is 0. The minimum atomic E-state index is 0.0552. The lowest BCUT2D eigenvalue weighted by Crippen LogP contribution is -2.34. The number of methoxy groups -OCH3 is 2. The Bertz CT molecular complexity index is 412. The fraction of sp³-hybridized carbons (Fsp3) is 0.636. The highest BCUT2D eigenvalue weighted by molar-refractivity contribution is 5.79. The normalized spacial score (nSPS) is 14.8.